The maximum Gasteiger partial charge on any atom is 0.325 e. The first kappa shape index (κ1) is 13.2. The number of carboxylic acids is 1. The first-order valence-electron chi connectivity index (χ1n) is 5.36. The van der Waals surface area contributed by atoms with Crippen molar-refractivity contribution in [2.45, 2.75) is 26.2 Å². The van der Waals surface area contributed by atoms with Crippen LogP contribution in [0, 0.1) is 0 Å². The van der Waals surface area contributed by atoms with Crippen LogP contribution in [0.25, 0.3) is 0 Å². The van der Waals surface area contributed by atoms with Gasteiger partial charge in [-0.1, -0.05) is 26.8 Å². The summed E-state index contributed by atoms with van der Waals surface area (Å²) in [6.45, 7) is 5.91. The van der Waals surface area contributed by atoms with Crippen LogP contribution < -0.4 is 0 Å². The molecule has 0 unspecified atom stereocenters. The molecular formula is C13H17NO3. The number of aliphatic carboxylic acids is 1. The largest absolute Gasteiger partial charge is 0.507 e. The number of aromatic hydroxyl groups is 1. The summed E-state index contributed by atoms with van der Waals surface area (Å²) in [6.07, 6.45) is 1.39. The first-order chi connectivity index (χ1) is 7.80. The second-order valence-electron chi connectivity index (χ2n) is 4.89. The molecule has 1 aromatic carbocycles. The van der Waals surface area contributed by atoms with E-state index in [2.05, 4.69) is 25.8 Å². The van der Waals surface area contributed by atoms with Crippen LogP contribution in [0.3, 0.4) is 0 Å². The molecule has 2 N–H and O–H groups in total. The quantitative estimate of drug-likeness (QED) is 0.789. The lowest BCUT2D eigenvalue weighted by Crippen LogP contribution is -2.11. The van der Waals surface area contributed by atoms with Crippen molar-refractivity contribution in [3.05, 3.63) is 29.3 Å². The Hall–Kier alpha value is -1.84. The molecule has 0 atom stereocenters. The molecule has 0 aliphatic rings. The second-order valence-corrected chi connectivity index (χ2v) is 4.89. The highest BCUT2D eigenvalue weighted by Crippen LogP contribution is 2.26. The van der Waals surface area contributed by atoms with Gasteiger partial charge in [0.2, 0.25) is 0 Å². The van der Waals surface area contributed by atoms with Crippen LogP contribution in [0.15, 0.2) is 23.2 Å². The number of nitrogens with zero attached hydrogens (tertiary/aromatic N) is 1. The van der Waals surface area contributed by atoms with Crippen LogP contribution in [-0.2, 0) is 10.2 Å². The van der Waals surface area contributed by atoms with Crippen LogP contribution in [0.5, 0.6) is 5.75 Å². The summed E-state index contributed by atoms with van der Waals surface area (Å²) in [5.41, 5.74) is 1.58. The second kappa shape index (κ2) is 4.99. The number of rotatable bonds is 3. The van der Waals surface area contributed by atoms with Gasteiger partial charge in [0.25, 0.3) is 0 Å². The summed E-state index contributed by atoms with van der Waals surface area (Å²) in [4.78, 5) is 14.1. The van der Waals surface area contributed by atoms with Crippen LogP contribution in [0.1, 0.15) is 31.9 Å². The number of phenolic OH excluding ortho intramolecular Hbond substituents is 1. The highest BCUT2D eigenvalue weighted by molar-refractivity contribution is 5.85. The van der Waals surface area contributed by atoms with Gasteiger partial charge in [0.05, 0.1) is 0 Å². The van der Waals surface area contributed by atoms with E-state index in [9.17, 15) is 9.90 Å². The molecule has 0 radical (unpaired) electrons. The molecular weight excluding hydrogens is 218 g/mol. The standard InChI is InChI=1S/C13H17NO3/c1-13(2,3)10-4-5-11(15)9(6-10)7-14-8-12(16)17/h4-7,15H,8H2,1-3H3,(H,16,17). The van der Waals surface area contributed by atoms with Crippen molar-refractivity contribution in [2.75, 3.05) is 6.54 Å². The Morgan fingerprint density at radius 2 is 2.06 bits per heavy atom. The van der Waals surface area contributed by atoms with Crippen molar-refractivity contribution in [3.63, 3.8) is 0 Å². The van der Waals surface area contributed by atoms with Crippen LogP contribution >= 0.6 is 0 Å². The maximum atomic E-state index is 10.3. The minimum absolute atomic E-state index is 0.0247. The zero-order valence-corrected chi connectivity index (χ0v) is 10.3. The molecule has 17 heavy (non-hydrogen) atoms. The third kappa shape index (κ3) is 3.90. The third-order valence-corrected chi connectivity index (χ3v) is 2.35. The molecule has 1 rings (SSSR count). The van der Waals surface area contributed by atoms with Crippen LogP contribution in [0.2, 0.25) is 0 Å². The Morgan fingerprint density at radius 3 is 2.59 bits per heavy atom. The minimum atomic E-state index is -0.993. The number of carboxylic acid groups (broad SMARTS) is 1. The van der Waals surface area contributed by atoms with Gasteiger partial charge < -0.3 is 10.2 Å². The molecule has 0 saturated heterocycles. The molecule has 0 amide bonds. The van der Waals surface area contributed by atoms with Crippen molar-refractivity contribution in [3.8, 4) is 5.75 Å². The number of aliphatic imine (C=N–C) groups is 1. The van der Waals surface area contributed by atoms with Crippen molar-refractivity contribution in [1.29, 1.82) is 0 Å². The Morgan fingerprint density at radius 1 is 1.41 bits per heavy atom. The van der Waals surface area contributed by atoms with E-state index >= 15 is 0 Å². The van der Waals surface area contributed by atoms with Gasteiger partial charge in [-0.15, -0.1) is 0 Å². The lowest BCUT2D eigenvalue weighted by Gasteiger charge is -2.19. The average Bonchev–Trinajstić information content (AvgIpc) is 2.18. The van der Waals surface area contributed by atoms with Gasteiger partial charge in [-0.2, -0.15) is 0 Å². The fourth-order valence-corrected chi connectivity index (χ4v) is 1.35. The molecule has 0 spiro atoms. The van der Waals surface area contributed by atoms with Gasteiger partial charge in [-0.05, 0) is 23.1 Å². The summed E-state index contributed by atoms with van der Waals surface area (Å²) >= 11 is 0. The summed E-state index contributed by atoms with van der Waals surface area (Å²) in [5.74, 6) is -0.889. The predicted octanol–water partition coefficient (Wildman–Crippen LogP) is 2.19. The Labute approximate surface area is 101 Å². The zero-order valence-electron chi connectivity index (χ0n) is 10.3. The summed E-state index contributed by atoms with van der Waals surface area (Å²) < 4.78 is 0. The molecule has 0 saturated carbocycles. The fraction of sp³-hybridized carbons (Fsp3) is 0.385. The number of hydrogen-bond acceptors (Lipinski definition) is 3. The molecule has 1 aromatic rings. The minimum Gasteiger partial charge on any atom is -0.507 e. The van der Waals surface area contributed by atoms with E-state index in [1.165, 1.54) is 6.21 Å². The highest BCUT2D eigenvalue weighted by atomic mass is 16.4. The average molecular weight is 235 g/mol. The molecule has 0 bridgehead atoms. The Balaban J connectivity index is 2.99. The maximum absolute atomic E-state index is 10.3. The normalized spacial score (nSPS) is 11.9. The molecule has 92 valence electrons. The van der Waals surface area contributed by atoms with E-state index in [1.807, 2.05) is 12.1 Å². The van der Waals surface area contributed by atoms with Gasteiger partial charge in [0.15, 0.2) is 0 Å². The van der Waals surface area contributed by atoms with E-state index in [4.69, 9.17) is 5.11 Å². The van der Waals surface area contributed by atoms with Crippen molar-refractivity contribution in [1.82, 2.24) is 0 Å². The Kier molecular flexibility index (Phi) is 3.89. The van der Waals surface area contributed by atoms with Crippen molar-refractivity contribution in [2.24, 2.45) is 4.99 Å². The van der Waals surface area contributed by atoms with E-state index in [0.29, 0.717) is 5.56 Å². The molecule has 0 aliphatic heterocycles. The topological polar surface area (TPSA) is 69.9 Å². The van der Waals surface area contributed by atoms with E-state index in [-0.39, 0.29) is 17.7 Å². The molecule has 0 fully saturated rings. The number of carbonyl (C=O) groups is 1. The van der Waals surface area contributed by atoms with Gasteiger partial charge in [-0.3, -0.25) is 9.79 Å². The fourth-order valence-electron chi connectivity index (χ4n) is 1.35. The monoisotopic (exact) mass is 235 g/mol. The summed E-state index contributed by atoms with van der Waals surface area (Å²) in [7, 11) is 0. The van der Waals surface area contributed by atoms with E-state index in [1.54, 1.807) is 6.07 Å². The number of phenols is 1. The number of hydrogen-bond donors (Lipinski definition) is 2. The van der Waals surface area contributed by atoms with Crippen LogP contribution in [0.4, 0.5) is 0 Å². The van der Waals surface area contributed by atoms with E-state index < -0.39 is 5.97 Å². The molecule has 4 nitrogen and oxygen atoms in total. The van der Waals surface area contributed by atoms with Gasteiger partial charge in [0, 0.05) is 11.8 Å². The first-order valence-corrected chi connectivity index (χ1v) is 5.36. The lowest BCUT2D eigenvalue weighted by atomic mass is 9.86. The molecule has 0 aromatic heterocycles. The highest BCUT2D eigenvalue weighted by Gasteiger charge is 2.14. The lowest BCUT2D eigenvalue weighted by molar-refractivity contribution is -0.135. The van der Waals surface area contributed by atoms with Gasteiger partial charge >= 0.3 is 5.97 Å². The van der Waals surface area contributed by atoms with Gasteiger partial charge in [-0.25, -0.2) is 0 Å². The third-order valence-electron chi connectivity index (χ3n) is 2.35. The SMILES string of the molecule is CC(C)(C)c1ccc(O)c(C=NCC(=O)O)c1. The molecule has 4 heteroatoms. The van der Waals surface area contributed by atoms with Crippen LogP contribution in [-0.4, -0.2) is 28.9 Å². The van der Waals surface area contributed by atoms with Crippen molar-refractivity contribution < 1.29 is 15.0 Å². The number of benzene rings is 1. The smallest absolute Gasteiger partial charge is 0.325 e. The van der Waals surface area contributed by atoms with Gasteiger partial charge in [0.1, 0.15) is 12.3 Å². The van der Waals surface area contributed by atoms with E-state index in [0.717, 1.165) is 5.56 Å². The molecule has 0 aliphatic carbocycles. The molecule has 0 heterocycles. The van der Waals surface area contributed by atoms with Crippen molar-refractivity contribution >= 4 is 12.2 Å². The predicted molar refractivity (Wildman–Crippen MR) is 66.9 cm³/mol. The zero-order chi connectivity index (χ0) is 13.1. The summed E-state index contributed by atoms with van der Waals surface area (Å²) in [5, 5.41) is 18.1. The summed E-state index contributed by atoms with van der Waals surface area (Å²) in [6, 6.07) is 5.27. The Bertz CT molecular complexity index is 444.